The van der Waals surface area contributed by atoms with E-state index >= 15 is 0 Å². The van der Waals surface area contributed by atoms with Crippen molar-refractivity contribution < 1.29 is 18.8 Å². The van der Waals surface area contributed by atoms with Gasteiger partial charge in [-0.15, -0.1) is 0 Å². The molecule has 0 aliphatic heterocycles. The molecule has 7 nitrogen and oxygen atoms in total. The molecule has 1 aliphatic rings. The third kappa shape index (κ3) is 4.58. The Labute approximate surface area is 177 Å². The number of benzene rings is 1. The normalized spacial score (nSPS) is 16.7. The number of rotatable bonds is 9. The topological polar surface area (TPSA) is 104 Å². The SMILES string of the molecule is CCc1ccc(Nc2c(NS(=O)C3(CC(O)CO)CC3)cc(C)c(=O)n2C)c(F)c1. The van der Waals surface area contributed by atoms with Crippen LogP contribution in [0.2, 0.25) is 0 Å². The predicted octanol–water partition coefficient (Wildman–Crippen LogP) is 2.49. The molecule has 2 unspecified atom stereocenters. The second-order valence-electron chi connectivity index (χ2n) is 7.84. The largest absolute Gasteiger partial charge is 0.394 e. The maximum absolute atomic E-state index is 14.5. The number of aryl methyl sites for hydroxylation is 2. The van der Waals surface area contributed by atoms with Crippen LogP contribution in [0.4, 0.5) is 21.6 Å². The number of hydrogen-bond acceptors (Lipinski definition) is 5. The van der Waals surface area contributed by atoms with Crippen molar-refractivity contribution in [1.29, 1.82) is 0 Å². The average Bonchev–Trinajstić information content (AvgIpc) is 3.50. The highest BCUT2D eigenvalue weighted by atomic mass is 32.2. The summed E-state index contributed by atoms with van der Waals surface area (Å²) in [6.45, 7) is 3.20. The average molecular weight is 438 g/mol. The highest BCUT2D eigenvalue weighted by Gasteiger charge is 2.50. The second kappa shape index (κ2) is 8.87. The van der Waals surface area contributed by atoms with Gasteiger partial charge in [-0.2, -0.15) is 0 Å². The first-order valence-corrected chi connectivity index (χ1v) is 11.1. The van der Waals surface area contributed by atoms with E-state index in [-0.39, 0.29) is 17.7 Å². The molecule has 1 heterocycles. The van der Waals surface area contributed by atoms with Gasteiger partial charge in [-0.1, -0.05) is 13.0 Å². The molecular formula is C21H28FN3O4S. The number of nitrogens with zero attached hydrogens (tertiary/aromatic N) is 1. The lowest BCUT2D eigenvalue weighted by Crippen LogP contribution is -2.31. The quantitative estimate of drug-likeness (QED) is 0.483. The number of anilines is 3. The van der Waals surface area contributed by atoms with Crippen LogP contribution < -0.4 is 15.6 Å². The Morgan fingerprint density at radius 2 is 2.00 bits per heavy atom. The summed E-state index contributed by atoms with van der Waals surface area (Å²) in [4.78, 5) is 12.5. The molecule has 9 heteroatoms. The Bertz CT molecular complexity index is 1020. The van der Waals surface area contributed by atoms with Crippen molar-refractivity contribution in [2.24, 2.45) is 7.05 Å². The monoisotopic (exact) mass is 437 g/mol. The third-order valence-electron chi connectivity index (χ3n) is 5.51. The summed E-state index contributed by atoms with van der Waals surface area (Å²) in [6, 6.07) is 6.44. The lowest BCUT2D eigenvalue weighted by Gasteiger charge is -2.22. The molecule has 1 aliphatic carbocycles. The smallest absolute Gasteiger partial charge is 0.254 e. The molecule has 0 saturated heterocycles. The minimum Gasteiger partial charge on any atom is -0.394 e. The van der Waals surface area contributed by atoms with E-state index in [0.717, 1.165) is 5.56 Å². The van der Waals surface area contributed by atoms with Crippen molar-refractivity contribution in [3.63, 3.8) is 0 Å². The Hall–Kier alpha value is -2.23. The summed E-state index contributed by atoms with van der Waals surface area (Å²) in [5.74, 6) is -0.153. The molecule has 0 amide bonds. The summed E-state index contributed by atoms with van der Waals surface area (Å²) in [5.41, 5.74) is 1.66. The van der Waals surface area contributed by atoms with E-state index in [1.807, 2.05) is 6.92 Å². The van der Waals surface area contributed by atoms with E-state index in [9.17, 15) is 18.5 Å². The first-order chi connectivity index (χ1) is 14.2. The van der Waals surface area contributed by atoms with E-state index < -0.39 is 34.3 Å². The van der Waals surface area contributed by atoms with E-state index in [2.05, 4.69) is 10.0 Å². The number of pyridine rings is 1. The standard InChI is InChI=1S/C21H28FN3O4S/c1-4-14-5-6-17(16(22)10-14)23-19-18(9-13(2)20(28)25(19)3)24-30(29)21(7-8-21)11-15(27)12-26/h5-6,9-10,15,23-24,26-27H,4,7-8,11-12H2,1-3H3. The zero-order chi connectivity index (χ0) is 22.1. The highest BCUT2D eigenvalue weighted by molar-refractivity contribution is 7.88. The molecular weight excluding hydrogens is 409 g/mol. The van der Waals surface area contributed by atoms with Gasteiger partial charge in [-0.25, -0.2) is 8.60 Å². The van der Waals surface area contributed by atoms with Crippen molar-refractivity contribution >= 4 is 28.2 Å². The van der Waals surface area contributed by atoms with Gasteiger partial charge in [0, 0.05) is 12.6 Å². The molecule has 1 fully saturated rings. The van der Waals surface area contributed by atoms with Crippen LogP contribution >= 0.6 is 0 Å². The van der Waals surface area contributed by atoms with Crippen molar-refractivity contribution in [2.45, 2.75) is 50.4 Å². The van der Waals surface area contributed by atoms with Crippen molar-refractivity contribution in [1.82, 2.24) is 4.57 Å². The van der Waals surface area contributed by atoms with E-state index in [1.165, 1.54) is 10.6 Å². The number of hydrogen-bond donors (Lipinski definition) is 4. The van der Waals surface area contributed by atoms with Crippen molar-refractivity contribution in [2.75, 3.05) is 16.6 Å². The molecule has 0 bridgehead atoms. The molecule has 3 rings (SSSR count). The van der Waals surface area contributed by atoms with Gasteiger partial charge in [0.1, 0.15) is 22.6 Å². The van der Waals surface area contributed by atoms with E-state index in [1.54, 1.807) is 32.2 Å². The minimum atomic E-state index is -1.56. The Morgan fingerprint density at radius 1 is 1.30 bits per heavy atom. The molecule has 164 valence electrons. The van der Waals surface area contributed by atoms with Gasteiger partial charge in [0.2, 0.25) is 0 Å². The highest BCUT2D eigenvalue weighted by Crippen LogP contribution is 2.46. The van der Waals surface area contributed by atoms with Gasteiger partial charge in [0.05, 0.1) is 28.8 Å². The van der Waals surface area contributed by atoms with Crippen LogP contribution in [0.25, 0.3) is 0 Å². The van der Waals surface area contributed by atoms with Crippen LogP contribution in [0.5, 0.6) is 0 Å². The van der Waals surface area contributed by atoms with Crippen LogP contribution in [0.3, 0.4) is 0 Å². The summed E-state index contributed by atoms with van der Waals surface area (Å²) < 4.78 is 31.2. The molecule has 2 atom stereocenters. The zero-order valence-electron chi connectivity index (χ0n) is 17.4. The summed E-state index contributed by atoms with van der Waals surface area (Å²) in [6.07, 6.45) is 1.29. The fraction of sp³-hybridized carbons (Fsp3) is 0.476. The third-order valence-corrected chi connectivity index (χ3v) is 7.28. The van der Waals surface area contributed by atoms with Gasteiger partial charge in [0.25, 0.3) is 5.56 Å². The van der Waals surface area contributed by atoms with E-state index in [0.29, 0.717) is 36.3 Å². The Balaban J connectivity index is 1.93. The molecule has 2 aromatic rings. The fourth-order valence-corrected chi connectivity index (χ4v) is 4.82. The fourth-order valence-electron chi connectivity index (χ4n) is 3.44. The van der Waals surface area contributed by atoms with Gasteiger partial charge in [-0.3, -0.25) is 9.36 Å². The number of nitrogens with one attached hydrogen (secondary N) is 2. The van der Waals surface area contributed by atoms with Gasteiger partial charge in [-0.05, 0) is 56.4 Å². The van der Waals surface area contributed by atoms with Crippen molar-refractivity contribution in [3.8, 4) is 0 Å². The molecule has 0 radical (unpaired) electrons. The lowest BCUT2D eigenvalue weighted by molar-refractivity contribution is 0.0862. The number of aromatic nitrogens is 1. The first-order valence-electron chi connectivity index (χ1n) is 9.94. The van der Waals surface area contributed by atoms with Crippen LogP contribution in [0, 0.1) is 12.7 Å². The van der Waals surface area contributed by atoms with Crippen LogP contribution in [0.1, 0.15) is 37.3 Å². The zero-order valence-corrected chi connectivity index (χ0v) is 18.2. The summed E-state index contributed by atoms with van der Waals surface area (Å²) in [7, 11) is -0.00252. The first kappa shape index (κ1) is 22.5. The Morgan fingerprint density at radius 3 is 2.57 bits per heavy atom. The molecule has 30 heavy (non-hydrogen) atoms. The summed E-state index contributed by atoms with van der Waals surface area (Å²) >= 11 is 0. The number of aliphatic hydroxyl groups is 2. The molecule has 0 spiro atoms. The Kier molecular flexibility index (Phi) is 6.64. The van der Waals surface area contributed by atoms with Crippen LogP contribution in [-0.4, -0.2) is 36.4 Å². The maximum atomic E-state index is 14.5. The summed E-state index contributed by atoms with van der Waals surface area (Å²) in [5, 5.41) is 21.9. The van der Waals surface area contributed by atoms with Gasteiger partial charge in [0.15, 0.2) is 0 Å². The number of halogens is 1. The molecule has 1 saturated carbocycles. The molecule has 1 aromatic carbocycles. The molecule has 1 aromatic heterocycles. The van der Waals surface area contributed by atoms with Gasteiger partial charge >= 0.3 is 0 Å². The van der Waals surface area contributed by atoms with Crippen LogP contribution in [0.15, 0.2) is 29.1 Å². The van der Waals surface area contributed by atoms with E-state index in [4.69, 9.17) is 5.11 Å². The predicted molar refractivity (Wildman–Crippen MR) is 117 cm³/mol. The lowest BCUT2D eigenvalue weighted by atomic mass is 10.1. The second-order valence-corrected chi connectivity index (χ2v) is 9.45. The maximum Gasteiger partial charge on any atom is 0.254 e. The van der Waals surface area contributed by atoms with Crippen molar-refractivity contribution in [3.05, 3.63) is 51.6 Å². The number of aliphatic hydroxyl groups excluding tert-OH is 2. The molecule has 4 N–H and O–H groups in total. The minimum absolute atomic E-state index is 0.205. The van der Waals surface area contributed by atoms with Crippen LogP contribution in [-0.2, 0) is 24.5 Å². The van der Waals surface area contributed by atoms with Gasteiger partial charge < -0.3 is 20.3 Å².